The number of aliphatic carboxylic acids is 1. The van der Waals surface area contributed by atoms with Crippen LogP contribution in [0.25, 0.3) is 0 Å². The minimum absolute atomic E-state index is 0.0350. The Bertz CT molecular complexity index is 741. The first-order chi connectivity index (χ1) is 9.91. The highest BCUT2D eigenvalue weighted by molar-refractivity contribution is 7.92. The van der Waals surface area contributed by atoms with Gasteiger partial charge in [0.25, 0.3) is 10.0 Å². The second kappa shape index (κ2) is 5.97. The molecule has 0 heterocycles. The predicted octanol–water partition coefficient (Wildman–Crippen LogP) is 0.940. The molecule has 110 valence electrons. The second-order valence-electron chi connectivity index (χ2n) is 4.54. The molecule has 0 saturated heterocycles. The molecule has 0 atom stereocenters. The van der Waals surface area contributed by atoms with E-state index in [4.69, 9.17) is 0 Å². The van der Waals surface area contributed by atoms with Crippen LogP contribution in [0, 0.1) is 6.92 Å². The van der Waals surface area contributed by atoms with E-state index in [-0.39, 0.29) is 4.90 Å². The number of rotatable bonds is 5. The van der Waals surface area contributed by atoms with E-state index in [1.807, 2.05) is 0 Å². The molecule has 0 bridgehead atoms. The van der Waals surface area contributed by atoms with E-state index >= 15 is 0 Å². The monoisotopic (exact) mass is 304 g/mol. The molecule has 0 radical (unpaired) electrons. The van der Waals surface area contributed by atoms with E-state index in [2.05, 4.69) is 0 Å². The quantitative estimate of drug-likeness (QED) is 0.823. The van der Waals surface area contributed by atoms with Crippen LogP contribution >= 0.6 is 0 Å². The summed E-state index contributed by atoms with van der Waals surface area (Å²) in [6.45, 7) is 1.07. The number of carbonyl (C=O) groups excluding carboxylic acids is 1. The molecule has 2 rings (SSSR count). The van der Waals surface area contributed by atoms with E-state index in [9.17, 15) is 18.3 Å². The SMILES string of the molecule is Cc1cccc(N(CC(=O)[O-])S(=O)(=O)c2ccccc2)c1. The number of nitrogens with zero attached hydrogens (tertiary/aromatic N) is 1. The second-order valence-corrected chi connectivity index (χ2v) is 6.40. The molecule has 0 spiro atoms. The van der Waals surface area contributed by atoms with Gasteiger partial charge in [-0.05, 0) is 36.8 Å². The minimum atomic E-state index is -3.95. The number of sulfonamides is 1. The Balaban J connectivity index is 2.53. The zero-order valence-corrected chi connectivity index (χ0v) is 12.2. The van der Waals surface area contributed by atoms with Gasteiger partial charge in [-0.25, -0.2) is 8.42 Å². The van der Waals surface area contributed by atoms with Crippen molar-refractivity contribution in [3.8, 4) is 0 Å². The highest BCUT2D eigenvalue weighted by Crippen LogP contribution is 2.23. The fourth-order valence-corrected chi connectivity index (χ4v) is 3.36. The third kappa shape index (κ3) is 3.41. The molecule has 0 saturated carbocycles. The van der Waals surface area contributed by atoms with Crippen molar-refractivity contribution in [1.29, 1.82) is 0 Å². The van der Waals surface area contributed by atoms with Crippen molar-refractivity contribution in [3.05, 3.63) is 60.2 Å². The maximum Gasteiger partial charge on any atom is 0.264 e. The smallest absolute Gasteiger partial charge is 0.264 e. The Kier molecular flexibility index (Phi) is 4.28. The van der Waals surface area contributed by atoms with Crippen LogP contribution in [-0.4, -0.2) is 20.9 Å². The molecule has 6 heteroatoms. The average Bonchev–Trinajstić information content (AvgIpc) is 2.45. The van der Waals surface area contributed by atoms with Crippen LogP contribution < -0.4 is 9.41 Å². The molecular formula is C15H14NO4S-. The van der Waals surface area contributed by atoms with E-state index in [0.717, 1.165) is 9.87 Å². The van der Waals surface area contributed by atoms with Crippen molar-refractivity contribution < 1.29 is 18.3 Å². The number of benzene rings is 2. The molecule has 21 heavy (non-hydrogen) atoms. The number of carbonyl (C=O) groups is 1. The average molecular weight is 304 g/mol. The summed E-state index contributed by atoms with van der Waals surface area (Å²) >= 11 is 0. The molecule has 0 aliphatic heterocycles. The van der Waals surface area contributed by atoms with E-state index in [1.54, 1.807) is 49.4 Å². The minimum Gasteiger partial charge on any atom is -0.548 e. The van der Waals surface area contributed by atoms with Gasteiger partial charge < -0.3 is 9.90 Å². The summed E-state index contributed by atoms with van der Waals surface area (Å²) in [6.07, 6.45) is 0. The lowest BCUT2D eigenvalue weighted by molar-refractivity contribution is -0.303. The van der Waals surface area contributed by atoms with Gasteiger partial charge in [0.1, 0.15) is 0 Å². The molecule has 0 aliphatic carbocycles. The summed E-state index contributed by atoms with van der Waals surface area (Å²) in [6, 6.07) is 14.3. The Hall–Kier alpha value is -2.34. The molecule has 5 nitrogen and oxygen atoms in total. The highest BCUT2D eigenvalue weighted by atomic mass is 32.2. The van der Waals surface area contributed by atoms with Gasteiger partial charge in [-0.3, -0.25) is 4.31 Å². The van der Waals surface area contributed by atoms with Crippen LogP contribution in [0.15, 0.2) is 59.5 Å². The maximum absolute atomic E-state index is 12.6. The third-order valence-corrected chi connectivity index (χ3v) is 4.68. The first kappa shape index (κ1) is 15.1. The van der Waals surface area contributed by atoms with Gasteiger partial charge in [0.05, 0.1) is 23.1 Å². The summed E-state index contributed by atoms with van der Waals surface area (Å²) in [7, 11) is -3.95. The van der Waals surface area contributed by atoms with Crippen LogP contribution in [0.4, 0.5) is 5.69 Å². The van der Waals surface area contributed by atoms with Crippen LogP contribution in [-0.2, 0) is 14.8 Å². The van der Waals surface area contributed by atoms with Crippen LogP contribution in [0.3, 0.4) is 0 Å². The summed E-state index contributed by atoms with van der Waals surface area (Å²) < 4.78 is 26.1. The summed E-state index contributed by atoms with van der Waals surface area (Å²) in [5.41, 5.74) is 1.13. The lowest BCUT2D eigenvalue weighted by atomic mass is 10.2. The Labute approximate surface area is 123 Å². The Morgan fingerprint density at radius 2 is 1.76 bits per heavy atom. The molecule has 0 aromatic heterocycles. The molecule has 0 fully saturated rings. The molecule has 0 N–H and O–H groups in total. The summed E-state index contributed by atoms with van der Waals surface area (Å²) in [5.74, 6) is -1.46. The summed E-state index contributed by atoms with van der Waals surface area (Å²) in [4.78, 5) is 11.0. The van der Waals surface area contributed by atoms with Crippen molar-refractivity contribution in [3.63, 3.8) is 0 Å². The maximum atomic E-state index is 12.6. The molecular weight excluding hydrogens is 290 g/mol. The normalized spacial score (nSPS) is 11.1. The number of hydrogen-bond donors (Lipinski definition) is 0. The van der Waals surface area contributed by atoms with Crippen molar-refractivity contribution in [2.24, 2.45) is 0 Å². The van der Waals surface area contributed by atoms with Crippen molar-refractivity contribution in [2.75, 3.05) is 10.8 Å². The Morgan fingerprint density at radius 3 is 2.33 bits per heavy atom. The molecule has 0 aliphatic rings. The number of carboxylic acid groups (broad SMARTS) is 1. The van der Waals surface area contributed by atoms with E-state index in [1.165, 1.54) is 12.1 Å². The van der Waals surface area contributed by atoms with Gasteiger partial charge in [-0.1, -0.05) is 30.3 Å². The number of aryl methyl sites for hydroxylation is 1. The van der Waals surface area contributed by atoms with Gasteiger partial charge in [-0.2, -0.15) is 0 Å². The van der Waals surface area contributed by atoms with E-state index in [0.29, 0.717) is 5.69 Å². The van der Waals surface area contributed by atoms with Gasteiger partial charge in [0, 0.05) is 0 Å². The number of hydrogen-bond acceptors (Lipinski definition) is 4. The first-order valence-electron chi connectivity index (χ1n) is 6.25. The fraction of sp³-hybridized carbons (Fsp3) is 0.133. The molecule has 0 amide bonds. The van der Waals surface area contributed by atoms with Crippen LogP contribution in [0.1, 0.15) is 5.56 Å². The van der Waals surface area contributed by atoms with Gasteiger partial charge in [0.2, 0.25) is 0 Å². The van der Waals surface area contributed by atoms with Crippen LogP contribution in [0.2, 0.25) is 0 Å². The van der Waals surface area contributed by atoms with Crippen molar-refractivity contribution >= 4 is 21.7 Å². The largest absolute Gasteiger partial charge is 0.548 e. The summed E-state index contributed by atoms with van der Waals surface area (Å²) in [5, 5.41) is 10.9. The van der Waals surface area contributed by atoms with Gasteiger partial charge >= 0.3 is 0 Å². The van der Waals surface area contributed by atoms with E-state index < -0.39 is 22.5 Å². The van der Waals surface area contributed by atoms with Gasteiger partial charge in [0.15, 0.2) is 0 Å². The fourth-order valence-electron chi connectivity index (χ4n) is 1.94. The standard InChI is InChI=1S/C15H15NO4S/c1-12-6-5-7-13(10-12)16(11-15(17)18)21(19,20)14-8-3-2-4-9-14/h2-10H,11H2,1H3,(H,17,18)/p-1. The molecule has 0 unspecified atom stereocenters. The third-order valence-electron chi connectivity index (χ3n) is 2.89. The lowest BCUT2D eigenvalue weighted by Crippen LogP contribution is -2.41. The van der Waals surface area contributed by atoms with Crippen molar-refractivity contribution in [2.45, 2.75) is 11.8 Å². The number of carboxylic acids is 1. The van der Waals surface area contributed by atoms with Gasteiger partial charge in [-0.15, -0.1) is 0 Å². The lowest BCUT2D eigenvalue weighted by Gasteiger charge is -2.25. The zero-order valence-electron chi connectivity index (χ0n) is 11.4. The Morgan fingerprint density at radius 1 is 1.10 bits per heavy atom. The topological polar surface area (TPSA) is 77.5 Å². The molecule has 2 aromatic carbocycles. The zero-order chi connectivity index (χ0) is 15.5. The van der Waals surface area contributed by atoms with Crippen molar-refractivity contribution in [1.82, 2.24) is 0 Å². The number of anilines is 1. The van der Waals surface area contributed by atoms with Crippen LogP contribution in [0.5, 0.6) is 0 Å². The molecule has 2 aromatic rings. The predicted molar refractivity (Wildman–Crippen MR) is 77.2 cm³/mol. The highest BCUT2D eigenvalue weighted by Gasteiger charge is 2.24. The first-order valence-corrected chi connectivity index (χ1v) is 7.69.